The van der Waals surface area contributed by atoms with Crippen molar-refractivity contribution in [3.63, 3.8) is 0 Å². The van der Waals surface area contributed by atoms with Crippen molar-refractivity contribution in [3.05, 3.63) is 179 Å². The van der Waals surface area contributed by atoms with Gasteiger partial charge in [0.2, 0.25) is 11.6 Å². The van der Waals surface area contributed by atoms with Crippen LogP contribution in [-0.4, -0.2) is 96.7 Å². The summed E-state index contributed by atoms with van der Waals surface area (Å²) < 4.78 is 138. The zero-order chi connectivity index (χ0) is 53.3. The molecular formula is C46H32N8O16S4. The number of fused-ring (bicyclic) bond motifs is 2. The molecule has 2 aromatic heterocycles. The molecule has 0 saturated carbocycles. The summed E-state index contributed by atoms with van der Waals surface area (Å²) in [6.45, 7) is 0. The van der Waals surface area contributed by atoms with Crippen molar-refractivity contribution >= 4 is 120 Å². The number of carbonyl (C=O) groups excluding carboxylic acids is 4. The lowest BCUT2D eigenvalue weighted by atomic mass is 10.00. The Kier molecular flexibility index (Phi) is 14.0. The predicted octanol–water partition coefficient (Wildman–Crippen LogP) is 5.43. The third-order valence-electron chi connectivity index (χ3n) is 10.6. The summed E-state index contributed by atoms with van der Waals surface area (Å²) in [6.07, 6.45) is 6.47. The van der Waals surface area contributed by atoms with E-state index in [4.69, 9.17) is 0 Å². The Hall–Kier alpha value is -8.74. The van der Waals surface area contributed by atoms with E-state index in [9.17, 15) is 71.1 Å². The second kappa shape index (κ2) is 20.0. The summed E-state index contributed by atoms with van der Waals surface area (Å²) >= 11 is 0. The molecule has 8 N–H and O–H groups in total. The highest BCUT2D eigenvalue weighted by Gasteiger charge is 2.33. The van der Waals surface area contributed by atoms with Crippen LogP contribution in [0.5, 0.6) is 0 Å². The van der Waals surface area contributed by atoms with Crippen molar-refractivity contribution in [3.8, 4) is 0 Å². The van der Waals surface area contributed by atoms with Crippen LogP contribution in [0.25, 0.3) is 22.0 Å². The summed E-state index contributed by atoms with van der Waals surface area (Å²) in [4.78, 5) is 57.4. The Morgan fingerprint density at radius 1 is 0.473 bits per heavy atom. The summed E-state index contributed by atoms with van der Waals surface area (Å²) in [6, 6.07) is 22.9. The molecule has 0 aliphatic heterocycles. The highest BCUT2D eigenvalue weighted by molar-refractivity contribution is 7.95. The van der Waals surface area contributed by atoms with Crippen molar-refractivity contribution in [2.24, 2.45) is 10.2 Å². The highest BCUT2D eigenvalue weighted by Crippen LogP contribution is 2.31. The van der Waals surface area contributed by atoms with Gasteiger partial charge in [-0.2, -0.15) is 43.9 Å². The zero-order valence-electron chi connectivity index (χ0n) is 37.0. The number of nitrogens with one attached hydrogen (secondary N) is 4. The molecule has 2 amide bonds. The van der Waals surface area contributed by atoms with Gasteiger partial charge in [-0.15, -0.1) is 0 Å². The molecule has 0 bridgehead atoms. The maximum atomic E-state index is 13.2. The molecule has 2 heterocycles. The largest absolute Gasteiger partial charge is 0.322 e. The monoisotopic (exact) mass is 1080 g/mol. The minimum Gasteiger partial charge on any atom is -0.322 e. The van der Waals surface area contributed by atoms with Gasteiger partial charge in [-0.25, -0.2) is 0 Å². The van der Waals surface area contributed by atoms with Gasteiger partial charge in [-0.3, -0.25) is 58.2 Å². The van der Waals surface area contributed by atoms with E-state index in [1.807, 2.05) is 0 Å². The van der Waals surface area contributed by atoms with Gasteiger partial charge in [-0.05, 0) is 120 Å². The van der Waals surface area contributed by atoms with Gasteiger partial charge in [-0.1, -0.05) is 24.3 Å². The lowest BCUT2D eigenvalue weighted by Gasteiger charge is -2.15. The summed E-state index contributed by atoms with van der Waals surface area (Å²) in [5.74, 6) is -2.97. The topological polar surface area (TPSA) is 384 Å². The first kappa shape index (κ1) is 51.6. The number of aromatic nitrogens is 2. The van der Waals surface area contributed by atoms with Gasteiger partial charge in [0.15, 0.2) is 0 Å². The molecule has 0 unspecified atom stereocenters. The number of amides is 2. The van der Waals surface area contributed by atoms with E-state index < -0.39 is 94.9 Å². The van der Waals surface area contributed by atoms with Crippen molar-refractivity contribution < 1.29 is 71.1 Å². The second-order valence-electron chi connectivity index (χ2n) is 15.5. The quantitative estimate of drug-likeness (QED) is 0.0383. The lowest BCUT2D eigenvalue weighted by Crippen LogP contribution is -2.23. The van der Waals surface area contributed by atoms with Crippen LogP contribution in [0.4, 0.5) is 22.7 Å². The van der Waals surface area contributed by atoms with Crippen LogP contribution in [0.1, 0.15) is 63.9 Å². The fourth-order valence-corrected chi connectivity index (χ4v) is 9.94. The van der Waals surface area contributed by atoms with Gasteiger partial charge in [0.1, 0.15) is 42.4 Å². The van der Waals surface area contributed by atoms with E-state index in [0.29, 0.717) is 0 Å². The number of carbonyl (C=O) groups is 4. The van der Waals surface area contributed by atoms with E-state index >= 15 is 0 Å². The maximum absolute atomic E-state index is 13.2. The first-order chi connectivity index (χ1) is 34.8. The normalized spacial score (nSPS) is 15.0. The Balaban J connectivity index is 0.931. The van der Waals surface area contributed by atoms with Crippen molar-refractivity contribution in [2.45, 2.75) is 9.79 Å². The Morgan fingerprint density at radius 3 is 1.16 bits per heavy atom. The van der Waals surface area contributed by atoms with Crippen LogP contribution in [0.2, 0.25) is 0 Å². The molecule has 0 fully saturated rings. The van der Waals surface area contributed by atoms with Crippen LogP contribution in [0.15, 0.2) is 154 Å². The molecule has 0 atom stereocenters. The van der Waals surface area contributed by atoms with E-state index in [1.54, 1.807) is 0 Å². The minimum atomic E-state index is -5.00. The molecule has 8 rings (SSSR count). The summed E-state index contributed by atoms with van der Waals surface area (Å²) in [7, 11) is -19.6. The molecule has 2 aliphatic rings. The van der Waals surface area contributed by atoms with E-state index in [2.05, 4.69) is 41.7 Å². The predicted molar refractivity (Wildman–Crippen MR) is 269 cm³/mol. The summed E-state index contributed by atoms with van der Waals surface area (Å²) in [5, 5.41) is 12.8. The number of Topliss-reactive ketones (excluding diaryl/α,β-unsaturated/α-hetero) is 2. The Labute approximate surface area is 419 Å². The lowest BCUT2D eigenvalue weighted by molar-refractivity contribution is 0.101. The maximum Gasteiger partial charge on any atom is 0.295 e. The number of allylic oxidation sites excluding steroid dienone is 2. The van der Waals surface area contributed by atoms with Gasteiger partial charge < -0.3 is 10.6 Å². The standard InChI is InChI=1S/C46H32N8O16S4/c55-43-35(23-39(73(65,66)67)33-3-1-19-47-41(33)43)53-51-29-13-9-27(10-14-29)45(57)49-31-17-7-25(37(21-31)71(59,60)61)5-6-26-8-18-32(22-38(26)72(62,63)64)50-46(58)28-11-15-30(16-12-28)52-54-36-24-40(74(68,69)70)34-4-2-20-48-42(34)44(36)56/h1-24,51-52H,(H,49,57)(H,50,58)(H,59,60,61)(H,62,63,64)(H,65,66,67)(H,68,69,70)/b6-5+,53-35-,54-36-. The Morgan fingerprint density at radius 2 is 0.824 bits per heavy atom. The smallest absolute Gasteiger partial charge is 0.295 e. The molecule has 0 radical (unpaired) electrons. The molecule has 74 heavy (non-hydrogen) atoms. The molecule has 0 spiro atoms. The highest BCUT2D eigenvalue weighted by atomic mass is 32.2. The average molecular weight is 1080 g/mol. The zero-order valence-corrected chi connectivity index (χ0v) is 40.2. The number of hydrogen-bond donors (Lipinski definition) is 8. The van der Waals surface area contributed by atoms with Crippen LogP contribution >= 0.6 is 0 Å². The number of hydrazone groups is 2. The van der Waals surface area contributed by atoms with Crippen molar-refractivity contribution in [1.29, 1.82) is 0 Å². The van der Waals surface area contributed by atoms with Crippen LogP contribution < -0.4 is 21.5 Å². The number of anilines is 4. The average Bonchev–Trinajstić information content (AvgIpc) is 3.35. The molecule has 4 aromatic carbocycles. The fourth-order valence-electron chi connectivity index (χ4n) is 7.11. The first-order valence-corrected chi connectivity index (χ1v) is 26.4. The first-order valence-electron chi connectivity index (χ1n) is 20.6. The Bertz CT molecular complexity index is 3770. The molecule has 6 aromatic rings. The third-order valence-corrected chi connectivity index (χ3v) is 14.2. The van der Waals surface area contributed by atoms with Crippen LogP contribution in [0, 0.1) is 0 Å². The number of rotatable bonds is 14. The van der Waals surface area contributed by atoms with Crippen LogP contribution in [0.3, 0.4) is 0 Å². The number of nitrogens with zero attached hydrogens (tertiary/aromatic N) is 4. The van der Waals surface area contributed by atoms with Gasteiger partial charge in [0.05, 0.1) is 11.4 Å². The van der Waals surface area contributed by atoms with Gasteiger partial charge in [0, 0.05) is 46.0 Å². The molecular weight excluding hydrogens is 1050 g/mol. The number of benzene rings is 4. The molecule has 376 valence electrons. The number of ketones is 2. The second-order valence-corrected chi connectivity index (χ2v) is 21.1. The molecule has 24 nitrogen and oxygen atoms in total. The fraction of sp³-hybridized carbons (Fsp3) is 0. The number of pyridine rings is 2. The van der Waals surface area contributed by atoms with Crippen molar-refractivity contribution in [1.82, 2.24) is 9.97 Å². The third kappa shape index (κ3) is 11.5. The molecule has 28 heteroatoms. The van der Waals surface area contributed by atoms with Gasteiger partial charge >= 0.3 is 0 Å². The van der Waals surface area contributed by atoms with Crippen molar-refractivity contribution in [2.75, 3.05) is 21.5 Å². The van der Waals surface area contributed by atoms with E-state index in [1.165, 1.54) is 109 Å². The molecule has 0 saturated heterocycles. The van der Waals surface area contributed by atoms with Gasteiger partial charge in [0.25, 0.3) is 52.3 Å². The van der Waals surface area contributed by atoms with E-state index in [-0.39, 0.29) is 67.5 Å². The van der Waals surface area contributed by atoms with E-state index in [0.717, 1.165) is 36.4 Å². The SMILES string of the molecule is O=C(Nc1ccc(/C=C/c2ccc(NC(=O)c3ccc(N/N=C4/C=C(S(=O)(=O)O)c5cccnc5C4=O)cc3)cc2S(=O)(=O)O)c(S(=O)(=O)O)c1)c1ccc(N/N=C2/C=C(S(=O)(=O)O)c3cccnc3C2=O)cc1. The van der Waals surface area contributed by atoms with Crippen LogP contribution in [-0.2, 0) is 40.5 Å². The summed E-state index contributed by atoms with van der Waals surface area (Å²) in [5.41, 5.74) is 3.55. The molecule has 2 aliphatic carbocycles. The minimum absolute atomic E-state index is 0.0374. The number of hydrogen-bond acceptors (Lipinski definition) is 18.